The predicted octanol–water partition coefficient (Wildman–Crippen LogP) is 0.597. The van der Waals surface area contributed by atoms with Gasteiger partial charge in [0.15, 0.2) is 5.71 Å². The monoisotopic (exact) mass is 280 g/mol. The van der Waals surface area contributed by atoms with Gasteiger partial charge in [-0.15, -0.1) is 0 Å². The molecule has 0 aliphatic carbocycles. The maximum absolute atomic E-state index is 11.5. The quantitative estimate of drug-likeness (QED) is 0.478. The van der Waals surface area contributed by atoms with E-state index in [0.717, 1.165) is 11.4 Å². The summed E-state index contributed by atoms with van der Waals surface area (Å²) in [6.07, 6.45) is -0.305. The molecule has 0 spiro atoms. The second-order valence-corrected chi connectivity index (χ2v) is 3.89. The summed E-state index contributed by atoms with van der Waals surface area (Å²) in [6, 6.07) is 1.80. The Morgan fingerprint density at radius 3 is 2.30 bits per heavy atom. The maximum Gasteiger partial charge on any atom is 0.354 e. The molecule has 0 saturated heterocycles. The normalized spacial score (nSPS) is 10.9. The predicted molar refractivity (Wildman–Crippen MR) is 71.2 cm³/mol. The highest BCUT2D eigenvalue weighted by Crippen LogP contribution is 2.04. The summed E-state index contributed by atoms with van der Waals surface area (Å²) in [5, 5.41) is 3.80. The summed E-state index contributed by atoms with van der Waals surface area (Å²) in [4.78, 5) is 30.9. The summed E-state index contributed by atoms with van der Waals surface area (Å²) in [5.74, 6) is -1.10. The molecule has 0 saturated carbocycles. The van der Waals surface area contributed by atoms with E-state index in [0.29, 0.717) is 0 Å². The van der Waals surface area contributed by atoms with Crippen LogP contribution in [0.15, 0.2) is 11.2 Å². The average Bonchev–Trinajstić information content (AvgIpc) is 2.41. The van der Waals surface area contributed by atoms with Gasteiger partial charge in [-0.1, -0.05) is 0 Å². The number of nitrogens with one attached hydrogen (secondary N) is 1. The lowest BCUT2D eigenvalue weighted by molar-refractivity contribution is -0.140. The minimum absolute atomic E-state index is 0.123. The summed E-state index contributed by atoms with van der Waals surface area (Å²) >= 11 is 0. The van der Waals surface area contributed by atoms with E-state index in [1.807, 2.05) is 0 Å². The summed E-state index contributed by atoms with van der Waals surface area (Å²) in [7, 11) is 2.42. The van der Waals surface area contributed by atoms with Crippen LogP contribution in [0.5, 0.6) is 0 Å². The number of esters is 2. The smallest absolute Gasteiger partial charge is 0.354 e. The Labute approximate surface area is 116 Å². The number of carbonyl (C=O) groups excluding carboxylic acids is 2. The Hall–Kier alpha value is -2.51. The molecule has 1 rings (SSSR count). The fourth-order valence-corrected chi connectivity index (χ4v) is 1.38. The van der Waals surface area contributed by atoms with Gasteiger partial charge < -0.3 is 9.47 Å². The van der Waals surface area contributed by atoms with E-state index in [4.69, 9.17) is 0 Å². The van der Waals surface area contributed by atoms with Crippen molar-refractivity contribution < 1.29 is 19.1 Å². The molecule has 0 bridgehead atoms. The van der Waals surface area contributed by atoms with Gasteiger partial charge in [0.05, 0.1) is 20.6 Å². The lowest BCUT2D eigenvalue weighted by Crippen LogP contribution is -2.22. The lowest BCUT2D eigenvalue weighted by Gasteiger charge is -2.05. The molecule has 0 unspecified atom stereocenters. The van der Waals surface area contributed by atoms with Crippen LogP contribution in [0.2, 0.25) is 0 Å². The van der Waals surface area contributed by atoms with E-state index in [9.17, 15) is 9.59 Å². The van der Waals surface area contributed by atoms with Crippen molar-refractivity contribution in [3.8, 4) is 0 Å². The number of carbonyl (C=O) groups is 2. The fourth-order valence-electron chi connectivity index (χ4n) is 1.38. The fraction of sp³-hybridized carbons (Fsp3) is 0.417. The number of anilines is 1. The molecule has 1 N–H and O–H groups in total. The van der Waals surface area contributed by atoms with Crippen molar-refractivity contribution in [1.82, 2.24) is 9.97 Å². The summed E-state index contributed by atoms with van der Waals surface area (Å²) < 4.78 is 9.01. The number of nitrogens with zero attached hydrogens (tertiary/aromatic N) is 3. The molecule has 0 atom stereocenters. The van der Waals surface area contributed by atoms with Gasteiger partial charge in [-0.05, 0) is 19.9 Å². The molecule has 0 radical (unpaired) electrons. The Bertz CT molecular complexity index is 522. The van der Waals surface area contributed by atoms with E-state index in [2.05, 4.69) is 30.0 Å². The maximum atomic E-state index is 11.5. The zero-order valence-electron chi connectivity index (χ0n) is 11.8. The van der Waals surface area contributed by atoms with Gasteiger partial charge in [0.2, 0.25) is 5.95 Å². The molecule has 0 fully saturated rings. The molecule has 8 nitrogen and oxygen atoms in total. The topological polar surface area (TPSA) is 103 Å². The highest BCUT2D eigenvalue weighted by molar-refractivity contribution is 6.39. The molecule has 20 heavy (non-hydrogen) atoms. The third-order valence-corrected chi connectivity index (χ3v) is 2.23. The number of rotatable bonds is 5. The Morgan fingerprint density at radius 1 is 1.20 bits per heavy atom. The van der Waals surface area contributed by atoms with E-state index >= 15 is 0 Å². The molecule has 1 aromatic heterocycles. The number of hydrogen-bond donors (Lipinski definition) is 1. The highest BCUT2D eigenvalue weighted by Gasteiger charge is 2.17. The minimum Gasteiger partial charge on any atom is -0.469 e. The van der Waals surface area contributed by atoms with Gasteiger partial charge in [-0.25, -0.2) is 20.2 Å². The number of hydrogen-bond acceptors (Lipinski definition) is 8. The van der Waals surface area contributed by atoms with Gasteiger partial charge in [0.25, 0.3) is 0 Å². The first-order chi connectivity index (χ1) is 9.46. The van der Waals surface area contributed by atoms with Crippen LogP contribution in [0.1, 0.15) is 17.8 Å². The first-order valence-electron chi connectivity index (χ1n) is 5.76. The molecule has 0 amide bonds. The van der Waals surface area contributed by atoms with Crippen molar-refractivity contribution >= 4 is 23.6 Å². The second-order valence-electron chi connectivity index (χ2n) is 3.89. The van der Waals surface area contributed by atoms with Crippen LogP contribution in [0.25, 0.3) is 0 Å². The summed E-state index contributed by atoms with van der Waals surface area (Å²) in [6.45, 7) is 3.61. The molecule has 0 aromatic carbocycles. The second kappa shape index (κ2) is 7.17. The first kappa shape index (κ1) is 15.5. The van der Waals surface area contributed by atoms with Crippen molar-refractivity contribution in [1.29, 1.82) is 0 Å². The van der Waals surface area contributed by atoms with Gasteiger partial charge in [-0.3, -0.25) is 4.79 Å². The SMILES string of the molecule is COC(=O)C/C(=N/Nc1nc(C)cc(C)n1)C(=O)OC. The largest absolute Gasteiger partial charge is 0.469 e. The number of ether oxygens (including phenoxy) is 2. The molecule has 0 aliphatic heterocycles. The molecule has 8 heteroatoms. The highest BCUT2D eigenvalue weighted by atomic mass is 16.5. The lowest BCUT2D eigenvalue weighted by atomic mass is 10.3. The molecule has 1 heterocycles. The zero-order valence-corrected chi connectivity index (χ0v) is 11.8. The van der Waals surface area contributed by atoms with Crippen LogP contribution < -0.4 is 5.43 Å². The number of aryl methyl sites for hydroxylation is 2. The van der Waals surface area contributed by atoms with Crippen molar-refractivity contribution in [3.63, 3.8) is 0 Å². The summed E-state index contributed by atoms with van der Waals surface area (Å²) in [5.41, 5.74) is 3.91. The first-order valence-corrected chi connectivity index (χ1v) is 5.76. The van der Waals surface area contributed by atoms with E-state index in [-0.39, 0.29) is 18.1 Å². The third kappa shape index (κ3) is 4.63. The Kier molecular flexibility index (Phi) is 5.57. The number of hydrazone groups is 1. The van der Waals surface area contributed by atoms with Crippen LogP contribution in [-0.4, -0.2) is 41.8 Å². The third-order valence-electron chi connectivity index (χ3n) is 2.23. The van der Waals surface area contributed by atoms with E-state index < -0.39 is 11.9 Å². The number of methoxy groups -OCH3 is 2. The van der Waals surface area contributed by atoms with Crippen LogP contribution in [0.4, 0.5) is 5.95 Å². The molecule has 108 valence electrons. The van der Waals surface area contributed by atoms with E-state index in [1.165, 1.54) is 14.2 Å². The van der Waals surface area contributed by atoms with Crippen molar-refractivity contribution in [2.75, 3.05) is 19.6 Å². The van der Waals surface area contributed by atoms with Crippen LogP contribution in [-0.2, 0) is 19.1 Å². The van der Waals surface area contributed by atoms with Crippen molar-refractivity contribution in [2.24, 2.45) is 5.10 Å². The van der Waals surface area contributed by atoms with Gasteiger partial charge in [0.1, 0.15) is 0 Å². The standard InChI is InChI=1S/C12H16N4O4/c1-7-5-8(2)14-12(13-7)16-15-9(11(18)20-4)6-10(17)19-3/h5H,6H2,1-4H3,(H,13,14,16)/b15-9-. The Balaban J connectivity index is 2.90. The van der Waals surface area contributed by atoms with E-state index in [1.54, 1.807) is 19.9 Å². The molecule has 1 aromatic rings. The Morgan fingerprint density at radius 2 is 1.80 bits per heavy atom. The van der Waals surface area contributed by atoms with Gasteiger partial charge in [-0.2, -0.15) is 5.10 Å². The average molecular weight is 280 g/mol. The van der Waals surface area contributed by atoms with Gasteiger partial charge in [0, 0.05) is 11.4 Å². The van der Waals surface area contributed by atoms with Crippen LogP contribution in [0, 0.1) is 13.8 Å². The minimum atomic E-state index is -0.729. The van der Waals surface area contributed by atoms with Crippen LogP contribution >= 0.6 is 0 Å². The van der Waals surface area contributed by atoms with Crippen molar-refractivity contribution in [3.05, 3.63) is 17.5 Å². The molecular formula is C12H16N4O4. The number of aromatic nitrogens is 2. The van der Waals surface area contributed by atoms with Gasteiger partial charge >= 0.3 is 11.9 Å². The molecular weight excluding hydrogens is 264 g/mol. The molecule has 0 aliphatic rings. The van der Waals surface area contributed by atoms with Crippen molar-refractivity contribution in [2.45, 2.75) is 20.3 Å². The zero-order chi connectivity index (χ0) is 15.1. The van der Waals surface area contributed by atoms with Crippen LogP contribution in [0.3, 0.4) is 0 Å².